The molecule has 2 rings (SSSR count). The molecule has 1 saturated heterocycles. The maximum Gasteiger partial charge on any atom is 0.0795 e. The molecule has 0 saturated carbocycles. The van der Waals surface area contributed by atoms with Crippen molar-refractivity contribution < 1.29 is 4.74 Å². The van der Waals surface area contributed by atoms with Crippen molar-refractivity contribution in [3.8, 4) is 0 Å². The molecule has 1 fully saturated rings. The van der Waals surface area contributed by atoms with Gasteiger partial charge in [-0.1, -0.05) is 6.92 Å². The fourth-order valence-electron chi connectivity index (χ4n) is 1.98. The van der Waals surface area contributed by atoms with Gasteiger partial charge in [0.25, 0.3) is 0 Å². The van der Waals surface area contributed by atoms with Gasteiger partial charge >= 0.3 is 0 Å². The van der Waals surface area contributed by atoms with E-state index in [0.29, 0.717) is 11.5 Å². The van der Waals surface area contributed by atoms with E-state index in [4.69, 9.17) is 4.74 Å². The fraction of sp³-hybridized carbons (Fsp3) is 0.750. The summed E-state index contributed by atoms with van der Waals surface area (Å²) in [6.45, 7) is 7.38. The molecule has 1 aromatic heterocycles. The molecule has 1 unspecified atom stereocenters. The molecule has 0 radical (unpaired) electrons. The minimum absolute atomic E-state index is 0.353. The third-order valence-electron chi connectivity index (χ3n) is 3.43. The molecule has 0 amide bonds. The number of ether oxygens (including phenoxy) is 1. The SMILES string of the molecule is CC(NCC1(C)CCOCC1)c1cscn1. The average Bonchev–Trinajstić information content (AvgIpc) is 2.80. The summed E-state index contributed by atoms with van der Waals surface area (Å²) in [5, 5.41) is 5.70. The van der Waals surface area contributed by atoms with Crippen LogP contribution < -0.4 is 5.32 Å². The van der Waals surface area contributed by atoms with E-state index in [2.05, 4.69) is 29.5 Å². The van der Waals surface area contributed by atoms with E-state index in [-0.39, 0.29) is 0 Å². The van der Waals surface area contributed by atoms with E-state index in [9.17, 15) is 0 Å². The van der Waals surface area contributed by atoms with Crippen LogP contribution >= 0.6 is 11.3 Å². The summed E-state index contributed by atoms with van der Waals surface area (Å²) >= 11 is 1.66. The Morgan fingerprint density at radius 1 is 1.56 bits per heavy atom. The molecule has 0 spiro atoms. The molecular weight excluding hydrogens is 220 g/mol. The number of hydrogen-bond donors (Lipinski definition) is 1. The maximum atomic E-state index is 5.41. The van der Waals surface area contributed by atoms with E-state index in [0.717, 1.165) is 38.3 Å². The predicted octanol–water partition coefficient (Wildman–Crippen LogP) is 2.61. The van der Waals surface area contributed by atoms with Gasteiger partial charge in [0.1, 0.15) is 0 Å². The Balaban J connectivity index is 1.82. The lowest BCUT2D eigenvalue weighted by molar-refractivity contribution is 0.0230. The van der Waals surface area contributed by atoms with Crippen molar-refractivity contribution in [1.29, 1.82) is 0 Å². The van der Waals surface area contributed by atoms with Crippen molar-refractivity contribution in [3.63, 3.8) is 0 Å². The first-order valence-electron chi connectivity index (χ1n) is 5.89. The zero-order chi connectivity index (χ0) is 11.4. The lowest BCUT2D eigenvalue weighted by atomic mass is 9.82. The van der Waals surface area contributed by atoms with E-state index >= 15 is 0 Å². The van der Waals surface area contributed by atoms with Crippen LogP contribution in [0.5, 0.6) is 0 Å². The minimum atomic E-state index is 0.353. The maximum absolute atomic E-state index is 5.41. The van der Waals surface area contributed by atoms with E-state index in [1.807, 2.05) is 5.51 Å². The highest BCUT2D eigenvalue weighted by atomic mass is 32.1. The zero-order valence-electron chi connectivity index (χ0n) is 10.0. The molecular formula is C12H20N2OS. The van der Waals surface area contributed by atoms with Crippen molar-refractivity contribution in [1.82, 2.24) is 10.3 Å². The van der Waals surface area contributed by atoms with Crippen LogP contribution in [0.2, 0.25) is 0 Å². The number of nitrogens with zero attached hydrogens (tertiary/aromatic N) is 1. The third-order valence-corrected chi connectivity index (χ3v) is 4.03. The second-order valence-electron chi connectivity index (χ2n) is 4.94. The second-order valence-corrected chi connectivity index (χ2v) is 5.66. The molecule has 2 heterocycles. The van der Waals surface area contributed by atoms with Crippen molar-refractivity contribution >= 4 is 11.3 Å². The van der Waals surface area contributed by atoms with Gasteiger partial charge in [-0.3, -0.25) is 0 Å². The number of nitrogens with one attached hydrogen (secondary N) is 1. The lowest BCUT2D eigenvalue weighted by Crippen LogP contribution is -2.37. The Morgan fingerprint density at radius 3 is 2.94 bits per heavy atom. The Labute approximate surface area is 101 Å². The Hall–Kier alpha value is -0.450. The first kappa shape index (κ1) is 12.0. The number of rotatable bonds is 4. The van der Waals surface area contributed by atoms with Crippen LogP contribution in [0.25, 0.3) is 0 Å². The summed E-state index contributed by atoms with van der Waals surface area (Å²) < 4.78 is 5.41. The van der Waals surface area contributed by atoms with Gasteiger partial charge in [0.2, 0.25) is 0 Å². The van der Waals surface area contributed by atoms with Crippen LogP contribution in [0.15, 0.2) is 10.9 Å². The lowest BCUT2D eigenvalue weighted by Gasteiger charge is -2.34. The molecule has 0 aliphatic carbocycles. The monoisotopic (exact) mass is 240 g/mol. The number of thiazole rings is 1. The van der Waals surface area contributed by atoms with Gasteiger partial charge in [0.15, 0.2) is 0 Å². The summed E-state index contributed by atoms with van der Waals surface area (Å²) in [6.07, 6.45) is 2.31. The quantitative estimate of drug-likeness (QED) is 0.878. The van der Waals surface area contributed by atoms with Crippen LogP contribution in [-0.4, -0.2) is 24.7 Å². The zero-order valence-corrected chi connectivity index (χ0v) is 10.8. The predicted molar refractivity (Wildman–Crippen MR) is 66.7 cm³/mol. The van der Waals surface area contributed by atoms with Gasteiger partial charge in [-0.15, -0.1) is 11.3 Å². The fourth-order valence-corrected chi connectivity index (χ4v) is 2.63. The van der Waals surface area contributed by atoms with E-state index < -0.39 is 0 Å². The standard InChI is InChI=1S/C12H20N2OS/c1-10(11-7-16-9-14-11)13-8-12(2)3-5-15-6-4-12/h7,9-10,13H,3-6,8H2,1-2H3. The molecule has 4 heteroatoms. The van der Waals surface area contributed by atoms with Gasteiger partial charge in [-0.25, -0.2) is 4.98 Å². The van der Waals surface area contributed by atoms with Crippen LogP contribution in [0.3, 0.4) is 0 Å². The number of aromatic nitrogens is 1. The Kier molecular flexibility index (Phi) is 3.95. The molecule has 1 atom stereocenters. The van der Waals surface area contributed by atoms with Crippen LogP contribution in [0.1, 0.15) is 38.4 Å². The van der Waals surface area contributed by atoms with Crippen molar-refractivity contribution in [2.75, 3.05) is 19.8 Å². The van der Waals surface area contributed by atoms with E-state index in [1.54, 1.807) is 11.3 Å². The molecule has 3 nitrogen and oxygen atoms in total. The average molecular weight is 240 g/mol. The third kappa shape index (κ3) is 3.03. The highest BCUT2D eigenvalue weighted by Crippen LogP contribution is 2.29. The second kappa shape index (κ2) is 5.25. The summed E-state index contributed by atoms with van der Waals surface area (Å²) in [7, 11) is 0. The normalized spacial score (nSPS) is 21.9. The van der Waals surface area contributed by atoms with Gasteiger partial charge in [0, 0.05) is 31.2 Å². The minimum Gasteiger partial charge on any atom is -0.381 e. The van der Waals surface area contributed by atoms with Crippen LogP contribution in [-0.2, 0) is 4.74 Å². The smallest absolute Gasteiger partial charge is 0.0795 e. The molecule has 90 valence electrons. The number of hydrogen-bond acceptors (Lipinski definition) is 4. The summed E-state index contributed by atoms with van der Waals surface area (Å²) in [5.41, 5.74) is 3.44. The summed E-state index contributed by atoms with van der Waals surface area (Å²) in [5.74, 6) is 0. The van der Waals surface area contributed by atoms with Gasteiger partial charge < -0.3 is 10.1 Å². The van der Waals surface area contributed by atoms with Gasteiger partial charge in [-0.05, 0) is 25.2 Å². The molecule has 1 aliphatic rings. The highest BCUT2D eigenvalue weighted by Gasteiger charge is 2.27. The summed E-state index contributed by atoms with van der Waals surface area (Å²) in [4.78, 5) is 4.33. The molecule has 1 N–H and O–H groups in total. The van der Waals surface area contributed by atoms with Crippen LogP contribution in [0.4, 0.5) is 0 Å². The molecule has 1 aliphatic heterocycles. The highest BCUT2D eigenvalue weighted by molar-refractivity contribution is 7.07. The Bertz CT molecular complexity index is 307. The van der Waals surface area contributed by atoms with Crippen molar-refractivity contribution in [2.45, 2.75) is 32.7 Å². The first-order valence-corrected chi connectivity index (χ1v) is 6.83. The summed E-state index contributed by atoms with van der Waals surface area (Å²) in [6, 6.07) is 0.353. The van der Waals surface area contributed by atoms with Crippen molar-refractivity contribution in [2.24, 2.45) is 5.41 Å². The van der Waals surface area contributed by atoms with E-state index in [1.165, 1.54) is 0 Å². The topological polar surface area (TPSA) is 34.1 Å². The molecule has 16 heavy (non-hydrogen) atoms. The van der Waals surface area contributed by atoms with Gasteiger partial charge in [-0.2, -0.15) is 0 Å². The Morgan fingerprint density at radius 2 is 2.31 bits per heavy atom. The largest absolute Gasteiger partial charge is 0.381 e. The van der Waals surface area contributed by atoms with Crippen LogP contribution in [0, 0.1) is 5.41 Å². The van der Waals surface area contributed by atoms with Gasteiger partial charge in [0.05, 0.1) is 11.2 Å². The first-order chi connectivity index (χ1) is 7.70. The van der Waals surface area contributed by atoms with Crippen molar-refractivity contribution in [3.05, 3.63) is 16.6 Å². The molecule has 1 aromatic rings. The molecule has 0 bridgehead atoms. The molecule has 0 aromatic carbocycles.